The summed E-state index contributed by atoms with van der Waals surface area (Å²) in [5.74, 6) is -44.2. The van der Waals surface area contributed by atoms with Crippen molar-refractivity contribution in [3.05, 3.63) is 0 Å². The van der Waals surface area contributed by atoms with E-state index >= 15 is 0 Å². The minimum absolute atomic E-state index is 0. The molecule has 0 unspecified atom stereocenters. The number of halogens is 27. The van der Waals surface area contributed by atoms with Gasteiger partial charge in [0.2, 0.25) is 0 Å². The van der Waals surface area contributed by atoms with E-state index in [1.165, 1.54) is 0 Å². The van der Waals surface area contributed by atoms with Crippen molar-refractivity contribution in [2.45, 2.75) is 69.8 Å². The maximum absolute atomic E-state index is 12.2. The third kappa shape index (κ3) is 9.64. The summed E-state index contributed by atoms with van der Waals surface area (Å²) in [4.78, 5) is 0. The second kappa shape index (κ2) is 14.9. The summed E-state index contributed by atoms with van der Waals surface area (Å²) in [7, 11) is -21.5. The first-order valence-corrected chi connectivity index (χ1v) is 13.8. The Kier molecular flexibility index (Phi) is 16.3. The second-order valence-electron chi connectivity index (χ2n) is 7.92. The van der Waals surface area contributed by atoms with Crippen LogP contribution < -0.4 is 0 Å². The molecule has 9 nitrogen and oxygen atoms in total. The monoisotopic (exact) mass is 969 g/mol. The molecule has 0 saturated carbocycles. The first-order valence-electron chi connectivity index (χ1n) is 9.51. The van der Waals surface area contributed by atoms with Crippen LogP contribution in [0.2, 0.25) is 0 Å². The Bertz CT molecular complexity index is 1370. The molecule has 0 amide bonds. The van der Waals surface area contributed by atoms with Gasteiger partial charge in [-0.3, -0.25) is 13.7 Å². The van der Waals surface area contributed by atoms with E-state index in [4.69, 9.17) is 13.7 Å². The molecule has 0 spiro atoms. The predicted molar refractivity (Wildman–Crippen MR) is 103 cm³/mol. The molecule has 0 bridgehead atoms. The Morgan fingerprint density at radius 3 is 0.404 bits per heavy atom. The van der Waals surface area contributed by atoms with Crippen molar-refractivity contribution >= 4 is 50.1 Å². The Labute approximate surface area is 277 Å². The number of rotatable bonds is 9. The van der Waals surface area contributed by atoms with Crippen LogP contribution in [0.15, 0.2) is 0 Å². The molecule has 0 heterocycles. The van der Waals surface area contributed by atoms with E-state index < -0.39 is 100 Å². The van der Waals surface area contributed by atoms with Crippen LogP contribution in [0, 0.1) is 0 Å². The molecule has 0 saturated heterocycles. The smallest absolute Gasteiger partial charge is 0.281 e. The van der Waals surface area contributed by atoms with Crippen LogP contribution in [0.25, 0.3) is 0 Å². The molecular weight excluding hydrogens is 967 g/mol. The van der Waals surface area contributed by atoms with Crippen LogP contribution in [0.1, 0.15) is 0 Å². The van der Waals surface area contributed by atoms with Crippen molar-refractivity contribution in [2.24, 2.45) is 0 Å². The first-order chi connectivity index (χ1) is 21.0. The molecule has 3 N–H and O–H groups in total. The van der Waals surface area contributed by atoms with E-state index in [9.17, 15) is 144 Å². The van der Waals surface area contributed by atoms with E-state index in [1.54, 1.807) is 0 Å². The first kappa shape index (κ1) is 57.2. The molecule has 3 radical (unpaired) electrons. The Morgan fingerprint density at radius 1 is 0.250 bits per heavy atom. The van der Waals surface area contributed by atoms with Gasteiger partial charge in [0, 0.05) is 19.8 Å². The molecular formula is C12H3F27GaO9S3. The van der Waals surface area contributed by atoms with Crippen LogP contribution >= 0.6 is 0 Å². The molecule has 0 aromatic rings. The molecule has 315 valence electrons. The van der Waals surface area contributed by atoms with Gasteiger partial charge in [0.1, 0.15) is 0 Å². The minimum Gasteiger partial charge on any atom is -0.281 e. The summed E-state index contributed by atoms with van der Waals surface area (Å²) >= 11 is 0. The fraction of sp³-hybridized carbons (Fsp3) is 1.00. The van der Waals surface area contributed by atoms with E-state index in [-0.39, 0.29) is 19.8 Å². The SMILES string of the molecule is O=S(=O)(O)C(F)(F)C(F)(F)C(F)(F)C(F)(F)F.O=S(=O)(O)C(F)(F)C(F)(F)C(F)(F)C(F)(F)F.O=S(=O)(O)C(F)(F)C(F)(F)C(F)(F)C(F)(F)F.[Ga]. The predicted octanol–water partition coefficient (Wildman–Crippen LogP) is 6.52. The van der Waals surface area contributed by atoms with Gasteiger partial charge >= 0.3 is 100 Å². The van der Waals surface area contributed by atoms with E-state index in [0.717, 1.165) is 0 Å². The third-order valence-electron chi connectivity index (χ3n) is 4.32. The van der Waals surface area contributed by atoms with E-state index in [0.29, 0.717) is 0 Å². The summed E-state index contributed by atoms with van der Waals surface area (Å²) in [5, 5.41) is -21.0. The van der Waals surface area contributed by atoms with Crippen molar-refractivity contribution in [3.8, 4) is 0 Å². The van der Waals surface area contributed by atoms with Gasteiger partial charge in [-0.05, 0) is 0 Å². The van der Waals surface area contributed by atoms with Gasteiger partial charge < -0.3 is 0 Å². The van der Waals surface area contributed by atoms with Crippen LogP contribution in [0.3, 0.4) is 0 Å². The minimum atomic E-state index is -7.37. The van der Waals surface area contributed by atoms with Gasteiger partial charge in [0.15, 0.2) is 0 Å². The third-order valence-corrected chi connectivity index (χ3v) is 7.03. The average Bonchev–Trinajstić information content (AvgIpc) is 2.79. The quantitative estimate of drug-likeness (QED) is 0.133. The molecule has 0 aliphatic heterocycles. The standard InChI is InChI=1S/3C4HF9O3S.Ga/c3*5-1(6,3(9,10)11)2(7,8)4(12,13)17(14,15)16;/h3*(H,14,15,16);. The zero-order valence-corrected chi connectivity index (χ0v) is 26.7. The fourth-order valence-electron chi connectivity index (χ4n) is 1.57. The molecule has 0 aromatic heterocycles. The number of hydrogen-bond acceptors (Lipinski definition) is 6. The molecule has 0 fully saturated rings. The van der Waals surface area contributed by atoms with Crippen LogP contribution in [0.4, 0.5) is 119 Å². The summed E-state index contributed by atoms with van der Waals surface area (Å²) in [6.45, 7) is 0. The van der Waals surface area contributed by atoms with Gasteiger partial charge in [0.05, 0.1) is 0 Å². The normalized spacial score (nSPS) is 15.8. The summed E-state index contributed by atoms with van der Waals surface area (Å²) in [6, 6.07) is 0. The van der Waals surface area contributed by atoms with E-state index in [2.05, 4.69) is 0 Å². The zero-order chi connectivity index (χ0) is 43.5. The van der Waals surface area contributed by atoms with Crippen LogP contribution in [-0.2, 0) is 30.4 Å². The molecule has 52 heavy (non-hydrogen) atoms. The molecule has 40 heteroatoms. The average molecular weight is 970 g/mol. The topological polar surface area (TPSA) is 163 Å². The number of alkyl halides is 27. The molecule has 0 aliphatic rings. The number of hydrogen-bond donors (Lipinski definition) is 3. The largest absolute Gasteiger partial charge is 0.460 e. The van der Waals surface area contributed by atoms with Crippen molar-refractivity contribution in [1.29, 1.82) is 0 Å². The maximum atomic E-state index is 12.2. The van der Waals surface area contributed by atoms with Crippen LogP contribution in [-0.4, -0.2) is 129 Å². The van der Waals surface area contributed by atoms with Crippen LogP contribution in [0.5, 0.6) is 0 Å². The van der Waals surface area contributed by atoms with Gasteiger partial charge in [-0.2, -0.15) is 144 Å². The molecule has 0 atom stereocenters. The van der Waals surface area contributed by atoms with Crippen molar-refractivity contribution in [2.75, 3.05) is 0 Å². The van der Waals surface area contributed by atoms with Crippen molar-refractivity contribution < 1.29 is 157 Å². The van der Waals surface area contributed by atoms with Gasteiger partial charge in [-0.1, -0.05) is 0 Å². The Morgan fingerprint density at radius 2 is 0.346 bits per heavy atom. The van der Waals surface area contributed by atoms with Gasteiger partial charge in [0.25, 0.3) is 0 Å². The molecule has 0 rings (SSSR count). The van der Waals surface area contributed by atoms with Gasteiger partial charge in [-0.15, -0.1) is 0 Å². The van der Waals surface area contributed by atoms with Gasteiger partial charge in [-0.25, -0.2) is 0 Å². The summed E-state index contributed by atoms with van der Waals surface area (Å²) < 4.78 is 402. The summed E-state index contributed by atoms with van der Waals surface area (Å²) in [5.41, 5.74) is 0. The zero-order valence-electron chi connectivity index (χ0n) is 21.8. The fourth-order valence-corrected chi connectivity index (χ4v) is 2.92. The van der Waals surface area contributed by atoms with E-state index in [1.807, 2.05) is 0 Å². The molecule has 0 aromatic carbocycles. The summed E-state index contributed by atoms with van der Waals surface area (Å²) in [6.07, 6.45) is -21.4. The Balaban J connectivity index is -0.000000329. The second-order valence-corrected chi connectivity index (χ2v) is 12.3. The Hall–Kier alpha value is -1.52. The van der Waals surface area contributed by atoms with Crippen molar-refractivity contribution in [1.82, 2.24) is 0 Å². The van der Waals surface area contributed by atoms with Crippen molar-refractivity contribution in [3.63, 3.8) is 0 Å². The maximum Gasteiger partial charge on any atom is 0.460 e. The molecule has 0 aliphatic carbocycles.